The van der Waals surface area contributed by atoms with Gasteiger partial charge in [-0.05, 0) is 45.4 Å². The number of hydrogen-bond donors (Lipinski definition) is 1. The van der Waals surface area contributed by atoms with Crippen LogP contribution in [0.4, 0.5) is 0 Å². The van der Waals surface area contributed by atoms with Crippen LogP contribution in [-0.4, -0.2) is 25.4 Å². The molecular formula is C15H19N3O3. The van der Waals surface area contributed by atoms with Crippen LogP contribution in [0, 0.1) is 13.8 Å². The van der Waals surface area contributed by atoms with Crippen LogP contribution >= 0.6 is 0 Å². The first-order chi connectivity index (χ1) is 9.81. The summed E-state index contributed by atoms with van der Waals surface area (Å²) < 4.78 is 3.26. The van der Waals surface area contributed by atoms with E-state index in [0.717, 1.165) is 11.4 Å². The van der Waals surface area contributed by atoms with E-state index in [1.54, 1.807) is 19.9 Å². The van der Waals surface area contributed by atoms with Crippen LogP contribution in [0.1, 0.15) is 47.2 Å². The van der Waals surface area contributed by atoms with Gasteiger partial charge in [-0.3, -0.25) is 9.48 Å². The van der Waals surface area contributed by atoms with Gasteiger partial charge in [0.15, 0.2) is 0 Å². The number of aromatic carboxylic acids is 1. The quantitative estimate of drug-likeness (QED) is 0.933. The van der Waals surface area contributed by atoms with E-state index in [0.29, 0.717) is 5.56 Å². The standard InChI is InChI=1S/C15H19N3O3/c1-9(2)18-6-5-12(16-18)8-17-11(4)7-10(3)13(14(17)19)15(20)21/h5-7,9H,8H2,1-4H3,(H,20,21). The van der Waals surface area contributed by atoms with Crippen LogP contribution in [0.3, 0.4) is 0 Å². The van der Waals surface area contributed by atoms with Crippen LogP contribution in [0.2, 0.25) is 0 Å². The molecule has 0 aromatic carbocycles. The van der Waals surface area contributed by atoms with Gasteiger partial charge < -0.3 is 9.67 Å². The zero-order chi connectivity index (χ0) is 15.7. The highest BCUT2D eigenvalue weighted by Gasteiger charge is 2.17. The molecule has 0 aliphatic heterocycles. The van der Waals surface area contributed by atoms with E-state index in [9.17, 15) is 14.7 Å². The molecule has 0 saturated heterocycles. The second-order valence-corrected chi connectivity index (χ2v) is 5.42. The molecule has 0 radical (unpaired) electrons. The zero-order valence-electron chi connectivity index (χ0n) is 12.6. The van der Waals surface area contributed by atoms with Gasteiger partial charge in [-0.15, -0.1) is 0 Å². The summed E-state index contributed by atoms with van der Waals surface area (Å²) in [5, 5.41) is 13.6. The Morgan fingerprint density at radius 3 is 2.57 bits per heavy atom. The second-order valence-electron chi connectivity index (χ2n) is 5.42. The van der Waals surface area contributed by atoms with Crippen molar-refractivity contribution >= 4 is 5.97 Å². The molecule has 0 atom stereocenters. The zero-order valence-corrected chi connectivity index (χ0v) is 12.6. The number of carboxylic acids is 1. The third-order valence-electron chi connectivity index (χ3n) is 3.43. The summed E-state index contributed by atoms with van der Waals surface area (Å²) in [6.45, 7) is 7.73. The normalized spacial score (nSPS) is 11.1. The van der Waals surface area contributed by atoms with Crippen molar-refractivity contribution in [3.8, 4) is 0 Å². The lowest BCUT2D eigenvalue weighted by Gasteiger charge is -2.11. The SMILES string of the molecule is Cc1cc(C)n(Cc2ccn(C(C)C)n2)c(=O)c1C(=O)O. The first kappa shape index (κ1) is 15.0. The number of carbonyl (C=O) groups is 1. The third-order valence-corrected chi connectivity index (χ3v) is 3.43. The Labute approximate surface area is 122 Å². The number of aromatic nitrogens is 3. The fraction of sp³-hybridized carbons (Fsp3) is 0.400. The van der Waals surface area contributed by atoms with E-state index in [-0.39, 0.29) is 18.2 Å². The van der Waals surface area contributed by atoms with Gasteiger partial charge in [0, 0.05) is 17.9 Å². The molecule has 0 saturated carbocycles. The summed E-state index contributed by atoms with van der Waals surface area (Å²) in [5.74, 6) is -1.20. The molecule has 2 rings (SSSR count). The Hall–Kier alpha value is -2.37. The number of hydrogen-bond acceptors (Lipinski definition) is 3. The second kappa shape index (κ2) is 5.55. The molecule has 0 bridgehead atoms. The number of carboxylic acid groups (broad SMARTS) is 1. The van der Waals surface area contributed by atoms with E-state index in [1.165, 1.54) is 4.57 Å². The number of nitrogens with zero attached hydrogens (tertiary/aromatic N) is 3. The highest BCUT2D eigenvalue weighted by atomic mass is 16.4. The lowest BCUT2D eigenvalue weighted by Crippen LogP contribution is -2.29. The minimum absolute atomic E-state index is 0.177. The Morgan fingerprint density at radius 1 is 1.38 bits per heavy atom. The van der Waals surface area contributed by atoms with Crippen molar-refractivity contribution < 1.29 is 9.90 Å². The van der Waals surface area contributed by atoms with Crippen LogP contribution in [0.15, 0.2) is 23.1 Å². The van der Waals surface area contributed by atoms with Crippen LogP contribution in [-0.2, 0) is 6.54 Å². The van der Waals surface area contributed by atoms with Crippen molar-refractivity contribution in [1.29, 1.82) is 0 Å². The van der Waals surface area contributed by atoms with Crippen molar-refractivity contribution in [2.24, 2.45) is 0 Å². The summed E-state index contributed by atoms with van der Waals surface area (Å²) in [6.07, 6.45) is 1.85. The van der Waals surface area contributed by atoms with Gasteiger partial charge in [-0.25, -0.2) is 4.79 Å². The molecule has 2 aromatic rings. The van der Waals surface area contributed by atoms with Crippen molar-refractivity contribution in [3.63, 3.8) is 0 Å². The van der Waals surface area contributed by atoms with Crippen molar-refractivity contribution in [2.75, 3.05) is 0 Å². The maximum absolute atomic E-state index is 12.3. The van der Waals surface area contributed by atoms with E-state index in [1.807, 2.05) is 30.8 Å². The van der Waals surface area contributed by atoms with Gasteiger partial charge in [0.1, 0.15) is 5.56 Å². The van der Waals surface area contributed by atoms with Gasteiger partial charge in [-0.2, -0.15) is 5.10 Å². The largest absolute Gasteiger partial charge is 0.477 e. The maximum atomic E-state index is 12.3. The number of rotatable bonds is 4. The van der Waals surface area contributed by atoms with Crippen molar-refractivity contribution in [2.45, 2.75) is 40.3 Å². The summed E-state index contributed by atoms with van der Waals surface area (Å²) >= 11 is 0. The summed E-state index contributed by atoms with van der Waals surface area (Å²) in [5.41, 5.74) is 1.27. The molecule has 2 heterocycles. The fourth-order valence-corrected chi connectivity index (χ4v) is 2.30. The van der Waals surface area contributed by atoms with Gasteiger partial charge in [-0.1, -0.05) is 0 Å². The Bertz CT molecular complexity index is 741. The van der Waals surface area contributed by atoms with Crippen LogP contribution in [0.25, 0.3) is 0 Å². The Kier molecular flexibility index (Phi) is 3.97. The first-order valence-electron chi connectivity index (χ1n) is 6.79. The lowest BCUT2D eigenvalue weighted by molar-refractivity contribution is 0.0693. The minimum Gasteiger partial charge on any atom is -0.477 e. The topological polar surface area (TPSA) is 77.1 Å². The average molecular weight is 289 g/mol. The first-order valence-corrected chi connectivity index (χ1v) is 6.79. The van der Waals surface area contributed by atoms with Crippen LogP contribution < -0.4 is 5.56 Å². The molecule has 6 heteroatoms. The van der Waals surface area contributed by atoms with Crippen molar-refractivity contribution in [1.82, 2.24) is 14.3 Å². The molecule has 112 valence electrons. The summed E-state index contributed by atoms with van der Waals surface area (Å²) in [4.78, 5) is 23.6. The molecule has 0 unspecified atom stereocenters. The predicted octanol–water partition coefficient (Wildman–Crippen LogP) is 1.99. The van der Waals surface area contributed by atoms with E-state index >= 15 is 0 Å². The number of aryl methyl sites for hydroxylation is 2. The Balaban J connectivity index is 2.46. The molecular weight excluding hydrogens is 270 g/mol. The third kappa shape index (κ3) is 2.89. The molecule has 1 N–H and O–H groups in total. The minimum atomic E-state index is -1.20. The monoisotopic (exact) mass is 289 g/mol. The lowest BCUT2D eigenvalue weighted by atomic mass is 10.1. The maximum Gasteiger partial charge on any atom is 0.341 e. The molecule has 0 aliphatic rings. The van der Waals surface area contributed by atoms with Gasteiger partial charge >= 0.3 is 5.97 Å². The molecule has 0 amide bonds. The number of pyridine rings is 1. The summed E-state index contributed by atoms with van der Waals surface area (Å²) in [7, 11) is 0. The molecule has 6 nitrogen and oxygen atoms in total. The fourth-order valence-electron chi connectivity index (χ4n) is 2.30. The molecule has 0 aliphatic carbocycles. The van der Waals surface area contributed by atoms with Gasteiger partial charge in [0.2, 0.25) is 0 Å². The molecule has 2 aromatic heterocycles. The van der Waals surface area contributed by atoms with E-state index in [4.69, 9.17) is 0 Å². The van der Waals surface area contributed by atoms with Gasteiger partial charge in [0.25, 0.3) is 5.56 Å². The highest BCUT2D eigenvalue weighted by molar-refractivity contribution is 5.88. The smallest absolute Gasteiger partial charge is 0.341 e. The average Bonchev–Trinajstić information content (AvgIpc) is 2.82. The van der Waals surface area contributed by atoms with Crippen molar-refractivity contribution in [3.05, 3.63) is 51.2 Å². The predicted molar refractivity (Wildman–Crippen MR) is 78.8 cm³/mol. The van der Waals surface area contributed by atoms with Crippen LogP contribution in [0.5, 0.6) is 0 Å². The highest BCUT2D eigenvalue weighted by Crippen LogP contribution is 2.10. The molecule has 0 spiro atoms. The van der Waals surface area contributed by atoms with E-state index in [2.05, 4.69) is 5.10 Å². The van der Waals surface area contributed by atoms with Gasteiger partial charge in [0.05, 0.1) is 12.2 Å². The van der Waals surface area contributed by atoms with E-state index < -0.39 is 11.5 Å². The summed E-state index contributed by atoms with van der Waals surface area (Å²) in [6, 6.07) is 3.79. The molecule has 0 fully saturated rings. The Morgan fingerprint density at radius 2 is 2.05 bits per heavy atom. The molecule has 21 heavy (non-hydrogen) atoms.